The van der Waals surface area contributed by atoms with E-state index in [9.17, 15) is 22.0 Å². The summed E-state index contributed by atoms with van der Waals surface area (Å²) in [6.07, 6.45) is -1.19. The van der Waals surface area contributed by atoms with E-state index in [0.29, 0.717) is 4.47 Å². The summed E-state index contributed by atoms with van der Waals surface area (Å²) in [5, 5.41) is 0. The summed E-state index contributed by atoms with van der Waals surface area (Å²) in [6.45, 7) is 2.93. The van der Waals surface area contributed by atoms with Crippen LogP contribution in [0.15, 0.2) is 34.8 Å². The SMILES string of the molecule is CC(C)(C#Cc1ccc(Br)c(C(Cc2cc(F)cc(F)c2)OC(N)=O)n1)S(C)(=O)=O. The van der Waals surface area contributed by atoms with Crippen LogP contribution in [0.3, 0.4) is 0 Å². The Labute approximate surface area is 181 Å². The molecule has 2 N–H and O–H groups in total. The van der Waals surface area contributed by atoms with E-state index in [4.69, 9.17) is 10.5 Å². The Kier molecular flexibility index (Phi) is 7.21. The summed E-state index contributed by atoms with van der Waals surface area (Å²) >= 11 is 3.30. The molecule has 1 aromatic carbocycles. The van der Waals surface area contributed by atoms with Crippen molar-refractivity contribution in [3.05, 3.63) is 63.4 Å². The fourth-order valence-electron chi connectivity index (χ4n) is 2.34. The first-order valence-corrected chi connectivity index (χ1v) is 11.3. The van der Waals surface area contributed by atoms with Gasteiger partial charge in [0, 0.05) is 23.2 Å². The van der Waals surface area contributed by atoms with E-state index < -0.39 is 38.4 Å². The number of primary amides is 1. The lowest BCUT2D eigenvalue weighted by Crippen LogP contribution is -2.28. The summed E-state index contributed by atoms with van der Waals surface area (Å²) in [7, 11) is -3.44. The third-order valence-corrected chi connectivity index (χ3v) is 6.83. The van der Waals surface area contributed by atoms with E-state index in [-0.39, 0.29) is 23.4 Å². The van der Waals surface area contributed by atoms with Crippen LogP contribution in [-0.4, -0.2) is 30.5 Å². The number of hydrogen-bond donors (Lipinski definition) is 1. The monoisotopic (exact) mass is 500 g/mol. The number of amides is 1. The number of pyridine rings is 1. The highest BCUT2D eigenvalue weighted by Crippen LogP contribution is 2.28. The van der Waals surface area contributed by atoms with Crippen molar-refractivity contribution in [2.24, 2.45) is 5.73 Å². The van der Waals surface area contributed by atoms with Crippen molar-refractivity contribution in [1.29, 1.82) is 0 Å². The van der Waals surface area contributed by atoms with E-state index in [2.05, 4.69) is 32.8 Å². The molecule has 0 fully saturated rings. The van der Waals surface area contributed by atoms with Gasteiger partial charge < -0.3 is 10.5 Å². The maximum Gasteiger partial charge on any atom is 0.405 e. The molecule has 0 aliphatic heterocycles. The lowest BCUT2D eigenvalue weighted by atomic mass is 10.0. The number of nitrogens with two attached hydrogens (primary N) is 1. The van der Waals surface area contributed by atoms with Crippen LogP contribution in [-0.2, 0) is 21.0 Å². The normalized spacial score (nSPS) is 12.6. The Bertz CT molecular complexity index is 1120. The van der Waals surface area contributed by atoms with Gasteiger partial charge in [0.1, 0.15) is 22.1 Å². The lowest BCUT2D eigenvalue weighted by Gasteiger charge is -2.18. The van der Waals surface area contributed by atoms with Crippen molar-refractivity contribution >= 4 is 31.9 Å². The number of carbonyl (C=O) groups is 1. The quantitative estimate of drug-likeness (QED) is 0.631. The molecule has 30 heavy (non-hydrogen) atoms. The van der Waals surface area contributed by atoms with Gasteiger partial charge in [0.25, 0.3) is 0 Å². The Balaban J connectivity index is 2.47. The van der Waals surface area contributed by atoms with Crippen molar-refractivity contribution in [2.45, 2.75) is 31.1 Å². The van der Waals surface area contributed by atoms with Crippen LogP contribution < -0.4 is 5.73 Å². The van der Waals surface area contributed by atoms with Crippen LogP contribution in [0.1, 0.15) is 36.9 Å². The molecular formula is C20H19BrF2N2O4S. The maximum atomic E-state index is 13.5. The molecule has 0 aliphatic carbocycles. The second-order valence-electron chi connectivity index (χ2n) is 7.00. The number of halogens is 3. The summed E-state index contributed by atoms with van der Waals surface area (Å²) in [5.74, 6) is 3.80. The lowest BCUT2D eigenvalue weighted by molar-refractivity contribution is 0.104. The molecule has 0 bridgehead atoms. The Morgan fingerprint density at radius 2 is 1.87 bits per heavy atom. The van der Waals surface area contributed by atoms with Crippen LogP contribution in [0.25, 0.3) is 0 Å². The van der Waals surface area contributed by atoms with Gasteiger partial charge in [-0.1, -0.05) is 5.92 Å². The highest BCUT2D eigenvalue weighted by atomic mass is 79.9. The molecule has 0 saturated heterocycles. The summed E-state index contributed by atoms with van der Waals surface area (Å²) < 4.78 is 55.0. The van der Waals surface area contributed by atoms with Gasteiger partial charge in [-0.05, 0) is 65.5 Å². The molecule has 0 radical (unpaired) electrons. The summed E-state index contributed by atoms with van der Waals surface area (Å²) in [4.78, 5) is 15.7. The summed E-state index contributed by atoms with van der Waals surface area (Å²) in [6, 6.07) is 6.06. The minimum atomic E-state index is -3.44. The fraction of sp³-hybridized carbons (Fsp3) is 0.300. The molecular weight excluding hydrogens is 482 g/mol. The zero-order valence-electron chi connectivity index (χ0n) is 16.4. The molecule has 0 aliphatic rings. The average molecular weight is 501 g/mol. The maximum absolute atomic E-state index is 13.5. The second kappa shape index (κ2) is 9.10. The number of sulfone groups is 1. The second-order valence-corrected chi connectivity index (χ2v) is 10.4. The highest BCUT2D eigenvalue weighted by Gasteiger charge is 2.27. The smallest absolute Gasteiger partial charge is 0.405 e. The molecule has 1 atom stereocenters. The zero-order valence-corrected chi connectivity index (χ0v) is 18.8. The minimum Gasteiger partial charge on any atom is -0.439 e. The first-order chi connectivity index (χ1) is 13.8. The third-order valence-electron chi connectivity index (χ3n) is 4.20. The molecule has 1 aromatic heterocycles. The standard InChI is InChI=1S/C20H19BrF2N2O4S/c1-20(2,30(3,27)28)7-6-15-4-5-16(21)18(25-15)17(29-19(24)26)10-12-8-13(22)11-14(23)9-12/h4-5,8-9,11,17H,10H2,1-3H3,(H2,24,26). The van der Waals surface area contributed by atoms with E-state index in [1.165, 1.54) is 13.8 Å². The minimum absolute atomic E-state index is 0.102. The Morgan fingerprint density at radius 1 is 1.27 bits per heavy atom. The number of aromatic nitrogens is 1. The van der Waals surface area contributed by atoms with Gasteiger partial charge in [0.05, 0.1) is 5.69 Å². The predicted molar refractivity (Wildman–Crippen MR) is 111 cm³/mol. The molecule has 10 heteroatoms. The first-order valence-electron chi connectivity index (χ1n) is 8.59. The molecule has 160 valence electrons. The number of rotatable bonds is 5. The van der Waals surface area contributed by atoms with E-state index >= 15 is 0 Å². The molecule has 2 rings (SSSR count). The van der Waals surface area contributed by atoms with Crippen LogP contribution in [0.5, 0.6) is 0 Å². The highest BCUT2D eigenvalue weighted by molar-refractivity contribution is 9.10. The van der Waals surface area contributed by atoms with E-state index in [1.807, 2.05) is 0 Å². The van der Waals surface area contributed by atoms with Crippen LogP contribution in [0.2, 0.25) is 0 Å². The zero-order chi connectivity index (χ0) is 22.7. The Morgan fingerprint density at radius 3 is 2.40 bits per heavy atom. The number of carbonyl (C=O) groups excluding carboxylic acids is 1. The topological polar surface area (TPSA) is 99.3 Å². The largest absolute Gasteiger partial charge is 0.439 e. The van der Waals surface area contributed by atoms with Crippen molar-refractivity contribution in [1.82, 2.24) is 4.98 Å². The number of ether oxygens (including phenoxy) is 1. The molecule has 1 amide bonds. The van der Waals surface area contributed by atoms with E-state index in [0.717, 1.165) is 24.5 Å². The van der Waals surface area contributed by atoms with Gasteiger partial charge in [0.15, 0.2) is 15.9 Å². The molecule has 0 saturated carbocycles. The number of nitrogens with zero attached hydrogens (tertiary/aromatic N) is 1. The van der Waals surface area contributed by atoms with Gasteiger partial charge in [-0.2, -0.15) is 0 Å². The van der Waals surface area contributed by atoms with Gasteiger partial charge in [-0.15, -0.1) is 0 Å². The van der Waals surface area contributed by atoms with Crippen molar-refractivity contribution in [3.8, 4) is 11.8 Å². The molecule has 6 nitrogen and oxygen atoms in total. The summed E-state index contributed by atoms with van der Waals surface area (Å²) in [5.41, 5.74) is 5.80. The van der Waals surface area contributed by atoms with Gasteiger partial charge in [0.2, 0.25) is 0 Å². The van der Waals surface area contributed by atoms with Gasteiger partial charge in [-0.25, -0.2) is 27.0 Å². The molecule has 1 unspecified atom stereocenters. The Hall–Kier alpha value is -2.51. The van der Waals surface area contributed by atoms with Crippen molar-refractivity contribution in [3.63, 3.8) is 0 Å². The molecule has 2 aromatic rings. The molecule has 1 heterocycles. The third kappa shape index (κ3) is 6.24. The van der Waals surface area contributed by atoms with Crippen LogP contribution in [0, 0.1) is 23.5 Å². The van der Waals surface area contributed by atoms with Crippen LogP contribution >= 0.6 is 15.9 Å². The average Bonchev–Trinajstić information content (AvgIpc) is 2.58. The van der Waals surface area contributed by atoms with Gasteiger partial charge >= 0.3 is 6.09 Å². The van der Waals surface area contributed by atoms with Crippen molar-refractivity contribution in [2.75, 3.05) is 6.26 Å². The van der Waals surface area contributed by atoms with Gasteiger partial charge in [-0.3, -0.25) is 0 Å². The fourth-order valence-corrected chi connectivity index (χ4v) is 3.05. The number of benzene rings is 1. The first kappa shape index (κ1) is 23.8. The predicted octanol–water partition coefficient (Wildman–Crippen LogP) is 3.68. The van der Waals surface area contributed by atoms with E-state index in [1.54, 1.807) is 12.1 Å². The number of hydrogen-bond acceptors (Lipinski definition) is 5. The van der Waals surface area contributed by atoms with Crippen molar-refractivity contribution < 1.29 is 26.7 Å². The molecule has 0 spiro atoms. The van der Waals surface area contributed by atoms with Crippen LogP contribution in [0.4, 0.5) is 13.6 Å².